The largest absolute Gasteiger partial charge is 0.356 e. The molecular formula is C14H30N2O. The van der Waals surface area contributed by atoms with Crippen LogP contribution in [0.3, 0.4) is 0 Å². The lowest BCUT2D eigenvalue weighted by Crippen LogP contribution is -2.24. The van der Waals surface area contributed by atoms with Crippen molar-refractivity contribution in [1.82, 2.24) is 5.32 Å². The van der Waals surface area contributed by atoms with Gasteiger partial charge in [0.25, 0.3) is 0 Å². The second-order valence-electron chi connectivity index (χ2n) is 4.72. The van der Waals surface area contributed by atoms with Crippen LogP contribution in [0.25, 0.3) is 0 Å². The molecule has 0 atom stereocenters. The summed E-state index contributed by atoms with van der Waals surface area (Å²) in [5.74, 6) is 0.204. The lowest BCUT2D eigenvalue weighted by atomic mass is 10.1. The van der Waals surface area contributed by atoms with Gasteiger partial charge in [0.05, 0.1) is 0 Å². The van der Waals surface area contributed by atoms with Crippen molar-refractivity contribution in [1.29, 1.82) is 0 Å². The Morgan fingerprint density at radius 3 is 2.29 bits per heavy atom. The minimum Gasteiger partial charge on any atom is -0.356 e. The van der Waals surface area contributed by atoms with E-state index in [1.54, 1.807) is 0 Å². The van der Waals surface area contributed by atoms with E-state index in [4.69, 9.17) is 5.73 Å². The first-order valence-electron chi connectivity index (χ1n) is 7.28. The predicted molar refractivity (Wildman–Crippen MR) is 73.9 cm³/mol. The number of carbonyl (C=O) groups excluding carboxylic acids is 1. The quantitative estimate of drug-likeness (QED) is 0.517. The van der Waals surface area contributed by atoms with Gasteiger partial charge in [-0.25, -0.2) is 0 Å². The molecular weight excluding hydrogens is 212 g/mol. The first-order chi connectivity index (χ1) is 8.31. The molecule has 0 fully saturated rings. The van der Waals surface area contributed by atoms with Crippen molar-refractivity contribution in [3.8, 4) is 0 Å². The van der Waals surface area contributed by atoms with Crippen LogP contribution >= 0.6 is 0 Å². The highest BCUT2D eigenvalue weighted by Gasteiger charge is 1.99. The topological polar surface area (TPSA) is 55.1 Å². The van der Waals surface area contributed by atoms with Crippen LogP contribution in [0.1, 0.15) is 71.1 Å². The predicted octanol–water partition coefficient (Wildman–Crippen LogP) is 2.98. The van der Waals surface area contributed by atoms with E-state index < -0.39 is 0 Å². The van der Waals surface area contributed by atoms with E-state index in [1.807, 2.05) is 0 Å². The van der Waals surface area contributed by atoms with E-state index in [1.165, 1.54) is 32.1 Å². The molecule has 1 amide bonds. The number of hydrogen-bond donors (Lipinski definition) is 2. The Kier molecular flexibility index (Phi) is 13.0. The normalized spacial score (nSPS) is 10.5. The molecule has 0 aromatic rings. The number of rotatable bonds is 12. The van der Waals surface area contributed by atoms with Crippen LogP contribution in [0.15, 0.2) is 0 Å². The smallest absolute Gasteiger partial charge is 0.219 e. The minimum atomic E-state index is 0.204. The molecule has 102 valence electrons. The van der Waals surface area contributed by atoms with Crippen LogP contribution in [-0.4, -0.2) is 19.0 Å². The first kappa shape index (κ1) is 16.4. The number of nitrogens with two attached hydrogens (primary N) is 1. The highest BCUT2D eigenvalue weighted by Crippen LogP contribution is 2.04. The molecule has 0 aliphatic rings. The summed E-state index contributed by atoms with van der Waals surface area (Å²) in [4.78, 5) is 11.4. The van der Waals surface area contributed by atoms with Crippen molar-refractivity contribution in [3.63, 3.8) is 0 Å². The molecule has 3 nitrogen and oxygen atoms in total. The molecule has 0 aliphatic heterocycles. The van der Waals surface area contributed by atoms with E-state index in [0.717, 1.165) is 38.8 Å². The fourth-order valence-electron chi connectivity index (χ4n) is 1.83. The molecule has 0 saturated heterocycles. The molecule has 0 radical (unpaired) electrons. The van der Waals surface area contributed by atoms with E-state index >= 15 is 0 Å². The third kappa shape index (κ3) is 13.4. The number of unbranched alkanes of at least 4 members (excludes halogenated alkanes) is 7. The number of nitrogens with one attached hydrogen (secondary N) is 1. The van der Waals surface area contributed by atoms with Gasteiger partial charge in [-0.3, -0.25) is 4.79 Å². The van der Waals surface area contributed by atoms with E-state index in [2.05, 4.69) is 12.2 Å². The summed E-state index contributed by atoms with van der Waals surface area (Å²) < 4.78 is 0. The Morgan fingerprint density at radius 1 is 0.941 bits per heavy atom. The van der Waals surface area contributed by atoms with E-state index in [9.17, 15) is 4.79 Å². The molecule has 17 heavy (non-hydrogen) atoms. The highest BCUT2D eigenvalue weighted by molar-refractivity contribution is 5.75. The molecule has 0 aromatic carbocycles. The molecule has 0 spiro atoms. The first-order valence-corrected chi connectivity index (χ1v) is 7.28. The van der Waals surface area contributed by atoms with Gasteiger partial charge in [0.2, 0.25) is 5.91 Å². The van der Waals surface area contributed by atoms with Crippen molar-refractivity contribution in [2.75, 3.05) is 13.1 Å². The Hall–Kier alpha value is -0.570. The monoisotopic (exact) mass is 242 g/mol. The molecule has 0 unspecified atom stereocenters. The van der Waals surface area contributed by atoms with Crippen LogP contribution < -0.4 is 11.1 Å². The third-order valence-electron chi connectivity index (χ3n) is 2.96. The summed E-state index contributed by atoms with van der Waals surface area (Å²) in [6.07, 6.45) is 11.4. The SMILES string of the molecule is CCCCCCCCNC(=O)CCCCCN. The molecule has 0 heterocycles. The summed E-state index contributed by atoms with van der Waals surface area (Å²) in [7, 11) is 0. The zero-order valence-electron chi connectivity index (χ0n) is 11.5. The maximum Gasteiger partial charge on any atom is 0.219 e. The van der Waals surface area contributed by atoms with Crippen molar-refractivity contribution in [2.45, 2.75) is 71.1 Å². The van der Waals surface area contributed by atoms with Crippen molar-refractivity contribution in [2.24, 2.45) is 5.73 Å². The molecule has 0 bridgehead atoms. The average molecular weight is 242 g/mol. The van der Waals surface area contributed by atoms with E-state index in [-0.39, 0.29) is 5.91 Å². The van der Waals surface area contributed by atoms with Gasteiger partial charge < -0.3 is 11.1 Å². The maximum atomic E-state index is 11.4. The summed E-state index contributed by atoms with van der Waals surface area (Å²) in [6, 6.07) is 0. The van der Waals surface area contributed by atoms with Crippen LogP contribution in [0.2, 0.25) is 0 Å². The molecule has 0 aliphatic carbocycles. The highest BCUT2D eigenvalue weighted by atomic mass is 16.1. The standard InChI is InChI=1S/C14H30N2O/c1-2-3-4-5-6-10-13-16-14(17)11-8-7-9-12-15/h2-13,15H2,1H3,(H,16,17). The summed E-state index contributed by atoms with van der Waals surface area (Å²) >= 11 is 0. The Morgan fingerprint density at radius 2 is 1.59 bits per heavy atom. The van der Waals surface area contributed by atoms with Gasteiger partial charge in [0, 0.05) is 13.0 Å². The molecule has 3 N–H and O–H groups in total. The second-order valence-corrected chi connectivity index (χ2v) is 4.72. The van der Waals surface area contributed by atoms with Crippen LogP contribution in [-0.2, 0) is 4.79 Å². The average Bonchev–Trinajstić information content (AvgIpc) is 2.33. The lowest BCUT2D eigenvalue weighted by Gasteiger charge is -2.05. The molecule has 3 heteroatoms. The number of amides is 1. The van der Waals surface area contributed by atoms with Crippen molar-refractivity contribution < 1.29 is 4.79 Å². The lowest BCUT2D eigenvalue weighted by molar-refractivity contribution is -0.121. The van der Waals surface area contributed by atoms with Crippen LogP contribution in [0.5, 0.6) is 0 Å². The van der Waals surface area contributed by atoms with Gasteiger partial charge in [0.1, 0.15) is 0 Å². The molecule has 0 rings (SSSR count). The number of hydrogen-bond acceptors (Lipinski definition) is 2. The van der Waals surface area contributed by atoms with Gasteiger partial charge in [-0.05, 0) is 25.8 Å². The van der Waals surface area contributed by atoms with Crippen molar-refractivity contribution >= 4 is 5.91 Å². The Labute approximate surface area is 107 Å². The van der Waals surface area contributed by atoms with Crippen LogP contribution in [0, 0.1) is 0 Å². The van der Waals surface area contributed by atoms with Gasteiger partial charge in [-0.1, -0.05) is 45.4 Å². The second kappa shape index (κ2) is 13.5. The Bertz CT molecular complexity index is 172. The van der Waals surface area contributed by atoms with Crippen molar-refractivity contribution in [3.05, 3.63) is 0 Å². The van der Waals surface area contributed by atoms with E-state index in [0.29, 0.717) is 6.42 Å². The Balaban J connectivity index is 3.11. The zero-order valence-corrected chi connectivity index (χ0v) is 11.5. The van der Waals surface area contributed by atoms with Gasteiger partial charge in [-0.2, -0.15) is 0 Å². The maximum absolute atomic E-state index is 11.4. The minimum absolute atomic E-state index is 0.204. The van der Waals surface area contributed by atoms with Gasteiger partial charge in [0.15, 0.2) is 0 Å². The summed E-state index contributed by atoms with van der Waals surface area (Å²) in [5.41, 5.74) is 5.39. The van der Waals surface area contributed by atoms with Crippen LogP contribution in [0.4, 0.5) is 0 Å². The molecule has 0 aromatic heterocycles. The van der Waals surface area contributed by atoms with Gasteiger partial charge >= 0.3 is 0 Å². The fourth-order valence-corrected chi connectivity index (χ4v) is 1.83. The summed E-state index contributed by atoms with van der Waals surface area (Å²) in [6.45, 7) is 3.81. The summed E-state index contributed by atoms with van der Waals surface area (Å²) in [5, 5.41) is 2.98. The number of carbonyl (C=O) groups is 1. The molecule has 0 saturated carbocycles. The van der Waals surface area contributed by atoms with Gasteiger partial charge in [-0.15, -0.1) is 0 Å². The fraction of sp³-hybridized carbons (Fsp3) is 0.929. The zero-order chi connectivity index (χ0) is 12.8. The third-order valence-corrected chi connectivity index (χ3v) is 2.96.